The number of ether oxygens (including phenoxy) is 2. The first-order valence-electron chi connectivity index (χ1n) is 5.26. The Bertz CT molecular complexity index is 389. The molecular weight excluding hydrogens is 204 g/mol. The zero-order chi connectivity index (χ0) is 12.3. The topological polar surface area (TPSA) is 35.5 Å². The number of carbonyl (C=O) groups is 1. The molecule has 0 heterocycles. The molecule has 0 atom stereocenters. The summed E-state index contributed by atoms with van der Waals surface area (Å²) in [5.74, 6) is 0.550. The lowest BCUT2D eigenvalue weighted by Gasteiger charge is -2.19. The molecule has 1 aromatic carbocycles. The molecule has 0 saturated carbocycles. The van der Waals surface area contributed by atoms with Gasteiger partial charge in [0, 0.05) is 0 Å². The van der Waals surface area contributed by atoms with Gasteiger partial charge in [-0.25, -0.2) is 4.79 Å². The number of hydrogen-bond acceptors (Lipinski definition) is 3. The van der Waals surface area contributed by atoms with Gasteiger partial charge in [0.2, 0.25) is 0 Å². The molecule has 0 aromatic heterocycles. The molecule has 0 spiro atoms. The van der Waals surface area contributed by atoms with Crippen molar-refractivity contribution in [2.75, 3.05) is 0 Å². The van der Waals surface area contributed by atoms with E-state index >= 15 is 0 Å². The third kappa shape index (κ3) is 3.57. The van der Waals surface area contributed by atoms with Crippen molar-refractivity contribution in [3.8, 4) is 5.75 Å². The van der Waals surface area contributed by atoms with Crippen LogP contribution >= 0.6 is 0 Å². The van der Waals surface area contributed by atoms with Crippen molar-refractivity contribution >= 4 is 6.16 Å². The largest absolute Gasteiger partial charge is 0.514 e. The fourth-order valence-corrected chi connectivity index (χ4v) is 1.20. The minimum Gasteiger partial charge on any atom is -0.428 e. The highest BCUT2D eigenvalue weighted by atomic mass is 16.7. The molecule has 0 radical (unpaired) electrons. The average molecular weight is 222 g/mol. The van der Waals surface area contributed by atoms with Crippen LogP contribution in [0.1, 0.15) is 31.9 Å². The van der Waals surface area contributed by atoms with Gasteiger partial charge in [0.05, 0.1) is 0 Å². The summed E-state index contributed by atoms with van der Waals surface area (Å²) in [5.41, 5.74) is 1.50. The van der Waals surface area contributed by atoms with Gasteiger partial charge in [0.15, 0.2) is 0 Å². The maximum Gasteiger partial charge on any atom is 0.514 e. The quantitative estimate of drug-likeness (QED) is 0.537. The Morgan fingerprint density at radius 2 is 1.81 bits per heavy atom. The molecule has 1 rings (SSSR count). The van der Waals surface area contributed by atoms with Gasteiger partial charge in [-0.05, 0) is 51.8 Å². The summed E-state index contributed by atoms with van der Waals surface area (Å²) in [4.78, 5) is 11.4. The second-order valence-corrected chi connectivity index (χ2v) is 4.76. The van der Waals surface area contributed by atoms with Crippen molar-refractivity contribution in [3.63, 3.8) is 0 Å². The van der Waals surface area contributed by atoms with Crippen LogP contribution in [0.25, 0.3) is 0 Å². The van der Waals surface area contributed by atoms with Crippen LogP contribution in [0.2, 0.25) is 0 Å². The number of rotatable bonds is 1. The van der Waals surface area contributed by atoms with Crippen molar-refractivity contribution in [1.29, 1.82) is 0 Å². The van der Waals surface area contributed by atoms with Crippen LogP contribution in [0.3, 0.4) is 0 Å². The van der Waals surface area contributed by atoms with Gasteiger partial charge in [-0.3, -0.25) is 0 Å². The maximum absolute atomic E-state index is 11.4. The molecule has 3 heteroatoms. The predicted octanol–water partition coefficient (Wildman–Crippen LogP) is 3.62. The third-order valence-electron chi connectivity index (χ3n) is 2.14. The first-order chi connectivity index (χ1) is 7.29. The summed E-state index contributed by atoms with van der Waals surface area (Å²) in [6.07, 6.45) is -0.666. The third-order valence-corrected chi connectivity index (χ3v) is 2.14. The van der Waals surface area contributed by atoms with Crippen LogP contribution in [-0.2, 0) is 4.74 Å². The van der Waals surface area contributed by atoms with Crippen LogP contribution in [0, 0.1) is 13.8 Å². The Hall–Kier alpha value is -1.51. The van der Waals surface area contributed by atoms with E-state index in [9.17, 15) is 4.79 Å². The SMILES string of the molecule is Cc1cccc(OC(=O)OC(C)(C)C)c1C. The molecule has 0 aliphatic carbocycles. The zero-order valence-corrected chi connectivity index (χ0v) is 10.5. The van der Waals surface area contributed by atoms with Gasteiger partial charge in [-0.2, -0.15) is 0 Å². The summed E-state index contributed by atoms with van der Waals surface area (Å²) in [5, 5.41) is 0. The van der Waals surface area contributed by atoms with E-state index in [1.807, 2.05) is 26.0 Å². The van der Waals surface area contributed by atoms with Crippen LogP contribution in [0.4, 0.5) is 4.79 Å². The van der Waals surface area contributed by atoms with E-state index in [-0.39, 0.29) is 0 Å². The van der Waals surface area contributed by atoms with E-state index in [2.05, 4.69) is 0 Å². The molecule has 0 unspecified atom stereocenters. The first-order valence-corrected chi connectivity index (χ1v) is 5.26. The van der Waals surface area contributed by atoms with Crippen LogP contribution in [0.5, 0.6) is 5.75 Å². The summed E-state index contributed by atoms with van der Waals surface area (Å²) in [6, 6.07) is 5.57. The highest BCUT2D eigenvalue weighted by molar-refractivity contribution is 5.65. The van der Waals surface area contributed by atoms with Gasteiger partial charge >= 0.3 is 6.16 Å². The second-order valence-electron chi connectivity index (χ2n) is 4.76. The van der Waals surface area contributed by atoms with Crippen molar-refractivity contribution in [2.45, 2.75) is 40.2 Å². The zero-order valence-electron chi connectivity index (χ0n) is 10.5. The molecule has 3 nitrogen and oxygen atoms in total. The lowest BCUT2D eigenvalue weighted by Crippen LogP contribution is -2.26. The van der Waals surface area contributed by atoms with Gasteiger partial charge in [-0.15, -0.1) is 0 Å². The van der Waals surface area contributed by atoms with Crippen molar-refractivity contribution in [3.05, 3.63) is 29.3 Å². The molecule has 1 aromatic rings. The highest BCUT2D eigenvalue weighted by Crippen LogP contribution is 2.21. The Morgan fingerprint density at radius 3 is 2.38 bits per heavy atom. The molecule has 0 N–H and O–H groups in total. The predicted molar refractivity (Wildman–Crippen MR) is 62.8 cm³/mol. The Balaban J connectivity index is 2.74. The molecule has 0 fully saturated rings. The maximum atomic E-state index is 11.4. The lowest BCUT2D eigenvalue weighted by molar-refractivity contribution is 0.0205. The Morgan fingerprint density at radius 1 is 1.19 bits per heavy atom. The van der Waals surface area contributed by atoms with Gasteiger partial charge in [0.25, 0.3) is 0 Å². The number of benzene rings is 1. The number of hydrogen-bond donors (Lipinski definition) is 0. The van der Waals surface area contributed by atoms with E-state index in [1.165, 1.54) is 0 Å². The van der Waals surface area contributed by atoms with E-state index in [0.717, 1.165) is 11.1 Å². The molecule has 88 valence electrons. The van der Waals surface area contributed by atoms with E-state index in [0.29, 0.717) is 5.75 Å². The van der Waals surface area contributed by atoms with Gasteiger partial charge < -0.3 is 9.47 Å². The highest BCUT2D eigenvalue weighted by Gasteiger charge is 2.18. The van der Waals surface area contributed by atoms with Crippen LogP contribution in [-0.4, -0.2) is 11.8 Å². The number of carbonyl (C=O) groups excluding carboxylic acids is 1. The van der Waals surface area contributed by atoms with Crippen molar-refractivity contribution in [1.82, 2.24) is 0 Å². The minimum atomic E-state index is -0.666. The molecule has 16 heavy (non-hydrogen) atoms. The van der Waals surface area contributed by atoms with Gasteiger partial charge in [-0.1, -0.05) is 12.1 Å². The van der Waals surface area contributed by atoms with Crippen molar-refractivity contribution in [2.24, 2.45) is 0 Å². The summed E-state index contributed by atoms with van der Waals surface area (Å²) < 4.78 is 10.2. The molecule has 0 aliphatic heterocycles. The summed E-state index contributed by atoms with van der Waals surface area (Å²) in [7, 11) is 0. The standard InChI is InChI=1S/C13H18O3/c1-9-7-6-8-11(10(9)2)15-12(14)16-13(3,4)5/h6-8H,1-5H3. The Labute approximate surface area is 96.4 Å². The fourth-order valence-electron chi connectivity index (χ4n) is 1.20. The average Bonchev–Trinajstić information content (AvgIpc) is 2.09. The molecule has 0 amide bonds. The molecule has 0 bridgehead atoms. The fraction of sp³-hybridized carbons (Fsp3) is 0.462. The summed E-state index contributed by atoms with van der Waals surface area (Å²) >= 11 is 0. The van der Waals surface area contributed by atoms with E-state index in [4.69, 9.17) is 9.47 Å². The van der Waals surface area contributed by atoms with Crippen LogP contribution < -0.4 is 4.74 Å². The van der Waals surface area contributed by atoms with Crippen molar-refractivity contribution < 1.29 is 14.3 Å². The van der Waals surface area contributed by atoms with Gasteiger partial charge in [0.1, 0.15) is 11.4 Å². The Kier molecular flexibility index (Phi) is 3.58. The molecule has 0 aliphatic rings. The lowest BCUT2D eigenvalue weighted by atomic mass is 10.1. The second kappa shape index (κ2) is 4.56. The first kappa shape index (κ1) is 12.6. The molecule has 0 saturated heterocycles. The minimum absolute atomic E-state index is 0.533. The molecular formula is C13H18O3. The smallest absolute Gasteiger partial charge is 0.428 e. The van der Waals surface area contributed by atoms with E-state index < -0.39 is 11.8 Å². The van der Waals surface area contributed by atoms with E-state index in [1.54, 1.807) is 26.8 Å². The monoisotopic (exact) mass is 222 g/mol. The van der Waals surface area contributed by atoms with Crippen LogP contribution in [0.15, 0.2) is 18.2 Å². The summed E-state index contributed by atoms with van der Waals surface area (Å²) in [6.45, 7) is 9.29. The number of aryl methyl sites for hydroxylation is 1. The normalized spacial score (nSPS) is 11.1.